The first kappa shape index (κ1) is 24.2. The van der Waals surface area contributed by atoms with E-state index in [2.05, 4.69) is 8.75 Å². The van der Waals surface area contributed by atoms with Gasteiger partial charge in [-0.2, -0.15) is 8.75 Å². The molecule has 2 aromatic carbocycles. The lowest BCUT2D eigenvalue weighted by Gasteiger charge is -2.25. The van der Waals surface area contributed by atoms with Crippen LogP contribution in [0.4, 0.5) is 5.82 Å². The summed E-state index contributed by atoms with van der Waals surface area (Å²) in [6, 6.07) is 13.3. The number of carbonyl (C=O) groups excluding carboxylic acids is 1. The molecule has 0 aliphatic carbocycles. The summed E-state index contributed by atoms with van der Waals surface area (Å²) in [4.78, 5) is 22.0. The maximum atomic E-state index is 13.4. The third-order valence-corrected chi connectivity index (χ3v) is 6.07. The highest BCUT2D eigenvalue weighted by molar-refractivity contribution is 6.99. The highest BCUT2D eigenvalue weighted by Gasteiger charge is 2.23. The van der Waals surface area contributed by atoms with Gasteiger partial charge in [0.1, 0.15) is 28.6 Å². The molecule has 182 valence electrons. The van der Waals surface area contributed by atoms with Gasteiger partial charge in [0.2, 0.25) is 0 Å². The van der Waals surface area contributed by atoms with Crippen LogP contribution < -0.4 is 19.1 Å². The van der Waals surface area contributed by atoms with E-state index in [1.807, 2.05) is 61.5 Å². The summed E-state index contributed by atoms with van der Waals surface area (Å²) in [5.41, 5.74) is 2.82. The van der Waals surface area contributed by atoms with Gasteiger partial charge in [-0.05, 0) is 35.9 Å². The number of methoxy groups -OCH3 is 3. The number of ether oxygens (including phenoxy) is 3. The molecule has 0 N–H and O–H groups in total. The number of aromatic nitrogens is 3. The first-order valence-electron chi connectivity index (χ1n) is 10.9. The fourth-order valence-corrected chi connectivity index (χ4v) is 4.27. The lowest BCUT2D eigenvalue weighted by Crippen LogP contribution is -2.31. The average Bonchev–Trinajstić information content (AvgIpc) is 3.42. The van der Waals surface area contributed by atoms with Crippen LogP contribution in [0.5, 0.6) is 17.2 Å². The van der Waals surface area contributed by atoms with E-state index in [0.29, 0.717) is 35.8 Å². The summed E-state index contributed by atoms with van der Waals surface area (Å²) in [7, 11) is 8.70. The van der Waals surface area contributed by atoms with Gasteiger partial charge in [-0.15, -0.1) is 0 Å². The minimum Gasteiger partial charge on any atom is -0.497 e. The highest BCUT2D eigenvalue weighted by atomic mass is 32.1. The monoisotopic (exact) mass is 493 g/mol. The lowest BCUT2D eigenvalue weighted by atomic mass is 10.1. The summed E-state index contributed by atoms with van der Waals surface area (Å²) in [6.45, 7) is 0.680. The summed E-state index contributed by atoms with van der Waals surface area (Å²) in [5.74, 6) is 2.60. The molecule has 0 atom stereocenters. The number of pyridine rings is 1. The molecule has 2 aromatic heterocycles. The van der Waals surface area contributed by atoms with E-state index in [1.165, 1.54) is 6.20 Å². The Labute approximate surface area is 208 Å². The zero-order chi connectivity index (χ0) is 24.9. The summed E-state index contributed by atoms with van der Waals surface area (Å²) in [6.07, 6.45) is 1.49. The molecule has 4 aromatic rings. The number of hydrogen-bond acceptors (Lipinski definition) is 9. The van der Waals surface area contributed by atoms with Gasteiger partial charge in [0.15, 0.2) is 5.69 Å². The molecular weight excluding hydrogens is 466 g/mol. The Hall–Kier alpha value is -3.92. The number of anilines is 1. The Kier molecular flexibility index (Phi) is 7.31. The van der Waals surface area contributed by atoms with Crippen LogP contribution >= 0.6 is 11.7 Å². The molecule has 0 unspecified atom stereocenters. The third-order valence-electron chi connectivity index (χ3n) is 5.59. The van der Waals surface area contributed by atoms with E-state index in [0.717, 1.165) is 39.8 Å². The van der Waals surface area contributed by atoms with E-state index < -0.39 is 0 Å². The second-order valence-electron chi connectivity index (χ2n) is 8.03. The Bertz CT molecular complexity index is 1310. The average molecular weight is 494 g/mol. The zero-order valence-electron chi connectivity index (χ0n) is 20.3. The largest absolute Gasteiger partial charge is 0.497 e. The maximum Gasteiger partial charge on any atom is 0.275 e. The van der Waals surface area contributed by atoms with Crippen LogP contribution in [0.25, 0.3) is 10.9 Å². The van der Waals surface area contributed by atoms with Gasteiger partial charge in [0.25, 0.3) is 5.91 Å². The van der Waals surface area contributed by atoms with Crippen LogP contribution in [0.1, 0.15) is 21.6 Å². The number of hydrogen-bond donors (Lipinski definition) is 0. The van der Waals surface area contributed by atoms with Crippen molar-refractivity contribution < 1.29 is 19.0 Å². The molecule has 0 spiro atoms. The Morgan fingerprint density at radius 2 is 1.66 bits per heavy atom. The molecule has 0 aliphatic rings. The molecule has 2 heterocycles. The van der Waals surface area contributed by atoms with E-state index in [1.54, 1.807) is 26.2 Å². The second-order valence-corrected chi connectivity index (χ2v) is 8.59. The fourth-order valence-electron chi connectivity index (χ4n) is 3.86. The first-order chi connectivity index (χ1) is 16.9. The van der Waals surface area contributed by atoms with Crippen molar-refractivity contribution in [3.63, 3.8) is 0 Å². The van der Waals surface area contributed by atoms with Crippen molar-refractivity contribution in [1.82, 2.24) is 18.6 Å². The zero-order valence-corrected chi connectivity index (χ0v) is 21.1. The third kappa shape index (κ3) is 5.12. The summed E-state index contributed by atoms with van der Waals surface area (Å²) in [5, 5.41) is 0.805. The molecule has 0 fully saturated rings. The van der Waals surface area contributed by atoms with Crippen LogP contribution in [-0.2, 0) is 13.1 Å². The molecule has 35 heavy (non-hydrogen) atoms. The van der Waals surface area contributed by atoms with Crippen LogP contribution in [0.15, 0.2) is 48.7 Å². The van der Waals surface area contributed by atoms with Gasteiger partial charge in [0, 0.05) is 31.6 Å². The fraction of sp³-hybridized carbons (Fsp3) is 0.280. The van der Waals surface area contributed by atoms with Crippen molar-refractivity contribution in [2.24, 2.45) is 0 Å². The molecule has 0 aliphatic heterocycles. The Balaban J connectivity index is 1.79. The highest BCUT2D eigenvalue weighted by Crippen LogP contribution is 2.35. The van der Waals surface area contributed by atoms with E-state index in [-0.39, 0.29) is 5.91 Å². The number of nitrogens with zero attached hydrogens (tertiary/aromatic N) is 5. The molecule has 4 rings (SSSR count). The molecule has 0 bridgehead atoms. The predicted molar refractivity (Wildman–Crippen MR) is 136 cm³/mol. The number of fused-ring (bicyclic) bond motifs is 1. The molecule has 0 radical (unpaired) electrons. The van der Waals surface area contributed by atoms with Crippen molar-refractivity contribution in [1.29, 1.82) is 0 Å². The molecule has 0 saturated heterocycles. The minimum absolute atomic E-state index is 0.211. The van der Waals surface area contributed by atoms with E-state index in [4.69, 9.17) is 19.2 Å². The quantitative estimate of drug-likeness (QED) is 0.345. The number of carbonyl (C=O) groups is 1. The minimum atomic E-state index is -0.211. The predicted octanol–water partition coefficient (Wildman–Crippen LogP) is 4.02. The molecule has 10 heteroatoms. The first-order valence-corrected chi connectivity index (χ1v) is 11.6. The van der Waals surface area contributed by atoms with Crippen molar-refractivity contribution >= 4 is 34.4 Å². The van der Waals surface area contributed by atoms with Gasteiger partial charge >= 0.3 is 0 Å². The van der Waals surface area contributed by atoms with E-state index in [9.17, 15) is 4.79 Å². The topological polar surface area (TPSA) is 89.9 Å². The Morgan fingerprint density at radius 3 is 2.26 bits per heavy atom. The van der Waals surface area contributed by atoms with Crippen molar-refractivity contribution in [2.45, 2.75) is 13.1 Å². The number of rotatable bonds is 9. The maximum absolute atomic E-state index is 13.4. The molecule has 1 amide bonds. The SMILES string of the molecule is COc1ccc(CN(Cc2cc3c(OC)ccc(OC)c3nc2N(C)C)C(=O)c2cnsn2)cc1. The van der Waals surface area contributed by atoms with Crippen LogP contribution in [0.3, 0.4) is 0 Å². The lowest BCUT2D eigenvalue weighted by molar-refractivity contribution is 0.0725. The van der Waals surface area contributed by atoms with Gasteiger partial charge in [0.05, 0.1) is 45.8 Å². The molecule has 0 saturated carbocycles. The number of benzene rings is 2. The standard InChI is InChI=1S/C25H27N5O4S/c1-29(2)24-17(12-19-21(33-4)10-11-22(34-5)23(19)27-24)15-30(25(31)20-13-26-35-28-20)14-16-6-8-18(32-3)9-7-16/h6-13H,14-15H2,1-5H3. The normalized spacial score (nSPS) is 10.8. The molecular formula is C25H27N5O4S. The van der Waals surface area contributed by atoms with Crippen LogP contribution in [-0.4, -0.2) is 60.0 Å². The number of amides is 1. The Morgan fingerprint density at radius 1 is 0.943 bits per heavy atom. The van der Waals surface area contributed by atoms with Gasteiger partial charge in [-0.3, -0.25) is 4.79 Å². The molecule has 9 nitrogen and oxygen atoms in total. The van der Waals surface area contributed by atoms with Crippen LogP contribution in [0.2, 0.25) is 0 Å². The van der Waals surface area contributed by atoms with Crippen molar-refractivity contribution in [2.75, 3.05) is 40.3 Å². The van der Waals surface area contributed by atoms with Crippen molar-refractivity contribution in [3.05, 3.63) is 65.5 Å². The van der Waals surface area contributed by atoms with E-state index >= 15 is 0 Å². The summed E-state index contributed by atoms with van der Waals surface area (Å²) >= 11 is 1.01. The van der Waals surface area contributed by atoms with Gasteiger partial charge in [-0.25, -0.2) is 4.98 Å². The van der Waals surface area contributed by atoms with Crippen molar-refractivity contribution in [3.8, 4) is 17.2 Å². The summed E-state index contributed by atoms with van der Waals surface area (Å²) < 4.78 is 24.6. The smallest absolute Gasteiger partial charge is 0.275 e. The van der Waals surface area contributed by atoms with Gasteiger partial charge < -0.3 is 24.0 Å². The van der Waals surface area contributed by atoms with Gasteiger partial charge in [-0.1, -0.05) is 12.1 Å². The second kappa shape index (κ2) is 10.6. The van der Waals surface area contributed by atoms with Crippen LogP contribution in [0, 0.1) is 0 Å².